The lowest BCUT2D eigenvalue weighted by molar-refractivity contribution is -0.137. The van der Waals surface area contributed by atoms with Crippen molar-refractivity contribution in [1.82, 2.24) is 19.8 Å². The van der Waals surface area contributed by atoms with Crippen molar-refractivity contribution in [2.24, 2.45) is 0 Å². The minimum Gasteiger partial charge on any atom is -0.481 e. The first kappa shape index (κ1) is 27.7. The summed E-state index contributed by atoms with van der Waals surface area (Å²) < 4.78 is 13.5. The van der Waals surface area contributed by atoms with Crippen LogP contribution >= 0.6 is 11.6 Å². The van der Waals surface area contributed by atoms with E-state index >= 15 is 0 Å². The van der Waals surface area contributed by atoms with E-state index in [0.29, 0.717) is 73.6 Å². The van der Waals surface area contributed by atoms with Crippen LogP contribution in [0.4, 0.5) is 4.39 Å². The number of carbonyl (C=O) groups is 2. The second-order valence-electron chi connectivity index (χ2n) is 10.0. The Hall–Kier alpha value is -3.88. The molecule has 0 aliphatic carbocycles. The van der Waals surface area contributed by atoms with Crippen LogP contribution in [-0.2, 0) is 17.8 Å². The van der Waals surface area contributed by atoms with Crippen molar-refractivity contribution < 1.29 is 19.1 Å². The minimum atomic E-state index is -0.819. The average molecular weight is 561 g/mol. The molecule has 0 radical (unpaired) electrons. The molecule has 9 heteroatoms. The zero-order valence-electron chi connectivity index (χ0n) is 22.0. The summed E-state index contributed by atoms with van der Waals surface area (Å²) in [4.78, 5) is 38.2. The van der Waals surface area contributed by atoms with Gasteiger partial charge in [0, 0.05) is 55.3 Å². The summed E-state index contributed by atoms with van der Waals surface area (Å²) in [6, 6.07) is 19.4. The predicted molar refractivity (Wildman–Crippen MR) is 153 cm³/mol. The first-order chi connectivity index (χ1) is 19.4. The van der Waals surface area contributed by atoms with Gasteiger partial charge in [0.1, 0.15) is 5.82 Å². The minimum absolute atomic E-state index is 0.0566. The maximum atomic E-state index is 13.5. The van der Waals surface area contributed by atoms with Crippen LogP contribution in [0.2, 0.25) is 5.02 Å². The van der Waals surface area contributed by atoms with Gasteiger partial charge in [-0.25, -0.2) is 14.4 Å². The van der Waals surface area contributed by atoms with Gasteiger partial charge in [-0.1, -0.05) is 35.9 Å². The number of hydrogen-bond acceptors (Lipinski definition) is 5. The lowest BCUT2D eigenvalue weighted by atomic mass is 10.0. The fraction of sp³-hybridized carbons (Fsp3) is 0.290. The van der Waals surface area contributed by atoms with Gasteiger partial charge in [-0.2, -0.15) is 0 Å². The standard InChI is InChI=1S/C31H30ClFN4O3/c32-24-11-8-22(9-12-24)30-27(6-1-2-7-29(38)39)34-28-19-23(10-13-26(28)35-30)31(40)37-16-14-36(15-17-37)20-21-4-3-5-25(33)18-21/h3-5,8-13,18-19H,1-2,6-7,14-17,20H2,(H,38,39). The smallest absolute Gasteiger partial charge is 0.303 e. The number of unbranched alkanes of at least 4 members (excludes halogenated alkanes) is 1. The molecule has 1 fully saturated rings. The molecule has 7 nitrogen and oxygen atoms in total. The number of amides is 1. The first-order valence-electron chi connectivity index (χ1n) is 13.4. The van der Waals surface area contributed by atoms with Crippen molar-refractivity contribution in [3.05, 3.63) is 94.4 Å². The number of carbonyl (C=O) groups excluding carboxylic acids is 1. The van der Waals surface area contributed by atoms with Crippen molar-refractivity contribution in [3.8, 4) is 11.3 Å². The number of carboxylic acid groups (broad SMARTS) is 1. The second-order valence-corrected chi connectivity index (χ2v) is 10.5. The van der Waals surface area contributed by atoms with Gasteiger partial charge in [0.05, 0.1) is 22.4 Å². The maximum absolute atomic E-state index is 13.5. The van der Waals surface area contributed by atoms with Gasteiger partial charge in [-0.05, 0) is 67.3 Å². The summed E-state index contributed by atoms with van der Waals surface area (Å²) in [6.45, 7) is 3.24. The van der Waals surface area contributed by atoms with Crippen molar-refractivity contribution in [2.45, 2.75) is 32.2 Å². The van der Waals surface area contributed by atoms with E-state index in [1.54, 1.807) is 36.4 Å². The Morgan fingerprint density at radius 1 is 0.900 bits per heavy atom. The van der Waals surface area contributed by atoms with Crippen molar-refractivity contribution in [2.75, 3.05) is 26.2 Å². The first-order valence-corrected chi connectivity index (χ1v) is 13.8. The molecule has 0 spiro atoms. The van der Waals surface area contributed by atoms with Crippen LogP contribution in [0.25, 0.3) is 22.3 Å². The number of nitrogens with zero attached hydrogens (tertiary/aromatic N) is 4. The molecule has 2 heterocycles. The molecule has 0 bridgehead atoms. The number of halogens is 2. The molecule has 1 N–H and O–H groups in total. The van der Waals surface area contributed by atoms with Crippen LogP contribution in [0.5, 0.6) is 0 Å². The summed E-state index contributed by atoms with van der Waals surface area (Å²) in [6.07, 6.45) is 1.87. The SMILES string of the molecule is O=C(O)CCCCc1nc2cc(C(=O)N3CCN(Cc4cccc(F)c4)CC3)ccc2nc1-c1ccc(Cl)cc1. The molecule has 4 aromatic rings. The second kappa shape index (κ2) is 12.5. The van der Waals surface area contributed by atoms with Gasteiger partial charge in [0.2, 0.25) is 0 Å². The number of hydrogen-bond donors (Lipinski definition) is 1. The maximum Gasteiger partial charge on any atom is 0.303 e. The van der Waals surface area contributed by atoms with E-state index in [4.69, 9.17) is 26.7 Å². The largest absolute Gasteiger partial charge is 0.481 e. The molecule has 1 saturated heterocycles. The van der Waals surface area contributed by atoms with Crippen LogP contribution < -0.4 is 0 Å². The molecular weight excluding hydrogens is 531 g/mol. The van der Waals surface area contributed by atoms with Gasteiger partial charge in [0.25, 0.3) is 5.91 Å². The highest BCUT2D eigenvalue weighted by atomic mass is 35.5. The Kier molecular flexibility index (Phi) is 8.67. The molecule has 3 aromatic carbocycles. The highest BCUT2D eigenvalue weighted by molar-refractivity contribution is 6.30. The summed E-state index contributed by atoms with van der Waals surface area (Å²) in [5.41, 5.74) is 5.14. The van der Waals surface area contributed by atoms with Crippen LogP contribution in [0.1, 0.15) is 40.9 Å². The number of aryl methyl sites for hydroxylation is 1. The Morgan fingerprint density at radius 2 is 1.68 bits per heavy atom. The van der Waals surface area contributed by atoms with Crippen LogP contribution in [0, 0.1) is 5.82 Å². The van der Waals surface area contributed by atoms with E-state index in [1.807, 2.05) is 29.2 Å². The zero-order chi connectivity index (χ0) is 28.1. The van der Waals surface area contributed by atoms with E-state index in [0.717, 1.165) is 22.5 Å². The van der Waals surface area contributed by atoms with Gasteiger partial charge < -0.3 is 10.0 Å². The molecule has 5 rings (SSSR count). The molecule has 206 valence electrons. The van der Waals surface area contributed by atoms with Gasteiger partial charge >= 0.3 is 5.97 Å². The number of aromatic nitrogens is 2. The molecule has 1 amide bonds. The third-order valence-corrected chi connectivity index (χ3v) is 7.36. The monoisotopic (exact) mass is 560 g/mol. The fourth-order valence-electron chi connectivity index (χ4n) is 4.99. The molecule has 1 aliphatic heterocycles. The third-order valence-electron chi connectivity index (χ3n) is 7.11. The average Bonchev–Trinajstić information content (AvgIpc) is 2.95. The summed E-state index contributed by atoms with van der Waals surface area (Å²) >= 11 is 6.08. The van der Waals surface area contributed by atoms with E-state index in [2.05, 4.69) is 4.90 Å². The molecule has 1 aromatic heterocycles. The molecule has 0 saturated carbocycles. The summed E-state index contributed by atoms with van der Waals surface area (Å²) in [5, 5.41) is 9.62. The van der Waals surface area contributed by atoms with Crippen molar-refractivity contribution in [1.29, 1.82) is 0 Å². The van der Waals surface area contributed by atoms with E-state index < -0.39 is 5.97 Å². The third kappa shape index (κ3) is 6.81. The normalized spacial score (nSPS) is 14.0. The van der Waals surface area contributed by atoms with Gasteiger partial charge in [-0.3, -0.25) is 14.5 Å². The number of carboxylic acids is 1. The molecule has 0 atom stereocenters. The van der Waals surface area contributed by atoms with E-state index in [-0.39, 0.29) is 18.1 Å². The highest BCUT2D eigenvalue weighted by Gasteiger charge is 2.23. The number of rotatable bonds is 9. The fourth-order valence-corrected chi connectivity index (χ4v) is 5.12. The number of aliphatic carboxylic acids is 1. The zero-order valence-corrected chi connectivity index (χ0v) is 22.8. The lowest BCUT2D eigenvalue weighted by Crippen LogP contribution is -2.48. The molecule has 0 unspecified atom stereocenters. The van der Waals surface area contributed by atoms with Gasteiger partial charge in [-0.15, -0.1) is 0 Å². The topological polar surface area (TPSA) is 86.6 Å². The highest BCUT2D eigenvalue weighted by Crippen LogP contribution is 2.27. The number of fused-ring (bicyclic) bond motifs is 1. The predicted octanol–water partition coefficient (Wildman–Crippen LogP) is 5.84. The summed E-state index contributed by atoms with van der Waals surface area (Å²) in [5.74, 6) is -1.12. The Morgan fingerprint density at radius 3 is 2.40 bits per heavy atom. The summed E-state index contributed by atoms with van der Waals surface area (Å²) in [7, 11) is 0. The van der Waals surface area contributed by atoms with Gasteiger partial charge in [0.15, 0.2) is 0 Å². The van der Waals surface area contributed by atoms with Crippen LogP contribution in [0.3, 0.4) is 0 Å². The Balaban J connectivity index is 1.32. The number of benzene rings is 3. The van der Waals surface area contributed by atoms with E-state index in [1.165, 1.54) is 6.07 Å². The molecule has 40 heavy (non-hydrogen) atoms. The molecule has 1 aliphatic rings. The Labute approximate surface area is 237 Å². The lowest BCUT2D eigenvalue weighted by Gasteiger charge is -2.34. The van der Waals surface area contributed by atoms with Crippen LogP contribution in [0.15, 0.2) is 66.7 Å². The Bertz CT molecular complexity index is 1520. The van der Waals surface area contributed by atoms with Crippen molar-refractivity contribution >= 4 is 34.5 Å². The quantitative estimate of drug-likeness (QED) is 0.259. The van der Waals surface area contributed by atoms with Crippen LogP contribution in [-0.4, -0.2) is 62.9 Å². The number of piperazine rings is 1. The molecular formula is C31H30ClFN4O3. The van der Waals surface area contributed by atoms with E-state index in [9.17, 15) is 14.0 Å². The van der Waals surface area contributed by atoms with Crippen molar-refractivity contribution in [3.63, 3.8) is 0 Å².